The first kappa shape index (κ1) is 10.4. The van der Waals surface area contributed by atoms with Crippen LogP contribution in [0.1, 0.15) is 34.1 Å². The van der Waals surface area contributed by atoms with Crippen LogP contribution in [0.2, 0.25) is 0 Å². The van der Waals surface area contributed by atoms with E-state index in [-0.39, 0.29) is 0 Å². The summed E-state index contributed by atoms with van der Waals surface area (Å²) in [4.78, 5) is 4.10. The van der Waals surface area contributed by atoms with E-state index < -0.39 is 0 Å². The average molecular weight is 153 g/mol. The average Bonchev–Trinajstić information content (AvgIpc) is 1.99. The summed E-state index contributed by atoms with van der Waals surface area (Å²) in [5.74, 6) is 0.650. The Morgan fingerprint density at radius 1 is 1.45 bits per heavy atom. The number of hydrogen-bond donors (Lipinski definition) is 0. The lowest BCUT2D eigenvalue weighted by atomic mass is 9.99. The predicted octanol–water partition coefficient (Wildman–Crippen LogP) is 3.07. The summed E-state index contributed by atoms with van der Waals surface area (Å²) in [5.41, 5.74) is 2.60. The van der Waals surface area contributed by atoms with Gasteiger partial charge in [0.05, 0.1) is 0 Å². The molecule has 0 heterocycles. The van der Waals surface area contributed by atoms with Crippen LogP contribution in [0.4, 0.5) is 0 Å². The molecule has 64 valence electrons. The topological polar surface area (TPSA) is 12.4 Å². The highest BCUT2D eigenvalue weighted by Gasteiger charge is 1.99. The van der Waals surface area contributed by atoms with Crippen molar-refractivity contribution >= 4 is 5.71 Å². The molecule has 0 atom stereocenters. The van der Waals surface area contributed by atoms with Crippen LogP contribution in [0.5, 0.6) is 0 Å². The van der Waals surface area contributed by atoms with E-state index in [1.54, 1.807) is 0 Å². The van der Waals surface area contributed by atoms with Gasteiger partial charge in [0.25, 0.3) is 0 Å². The number of aliphatic imine (C=N–C) groups is 1. The maximum atomic E-state index is 4.10. The molecule has 0 saturated heterocycles. The molecule has 0 aliphatic carbocycles. The molecule has 0 amide bonds. The third-order valence-corrected chi connectivity index (χ3v) is 1.90. The van der Waals surface area contributed by atoms with Gasteiger partial charge in [-0.3, -0.25) is 4.99 Å². The third kappa shape index (κ3) is 3.97. The first-order valence-corrected chi connectivity index (χ1v) is 4.25. The smallest absolute Gasteiger partial charge is 0.0313 e. The maximum Gasteiger partial charge on any atom is 0.0313 e. The van der Waals surface area contributed by atoms with Crippen molar-refractivity contribution in [1.29, 1.82) is 0 Å². The second-order valence-electron chi connectivity index (χ2n) is 3.09. The van der Waals surface area contributed by atoms with Gasteiger partial charge in [0.1, 0.15) is 0 Å². The molecule has 0 spiro atoms. The Morgan fingerprint density at radius 3 is 2.27 bits per heavy atom. The Kier molecular flexibility index (Phi) is 4.84. The first-order valence-electron chi connectivity index (χ1n) is 4.25. The van der Waals surface area contributed by atoms with Crippen molar-refractivity contribution in [3.63, 3.8) is 0 Å². The molecular formula is C10H19N. The van der Waals surface area contributed by atoms with Crippen molar-refractivity contribution in [2.45, 2.75) is 34.1 Å². The minimum atomic E-state index is 0.650. The van der Waals surface area contributed by atoms with Gasteiger partial charge in [0.2, 0.25) is 0 Å². The molecule has 0 aromatic heterocycles. The highest BCUT2D eigenvalue weighted by atomic mass is 14.7. The Balaban J connectivity index is 4.35. The van der Waals surface area contributed by atoms with Gasteiger partial charge in [0.15, 0.2) is 0 Å². The maximum absolute atomic E-state index is 4.10. The van der Waals surface area contributed by atoms with Gasteiger partial charge in [-0.25, -0.2) is 0 Å². The molecule has 0 aromatic rings. The van der Waals surface area contributed by atoms with E-state index in [2.05, 4.69) is 31.8 Å². The standard InChI is InChI=1S/C10H19N/c1-6-10(8(2)3)7-9(4)11-5/h7-8H,6H2,1-5H3/b10-7+,11-9?. The van der Waals surface area contributed by atoms with Gasteiger partial charge in [-0.2, -0.15) is 0 Å². The van der Waals surface area contributed by atoms with Crippen LogP contribution in [0.3, 0.4) is 0 Å². The SMILES string of the molecule is CC/C(=C\C(C)=NC)C(C)C. The fourth-order valence-electron chi connectivity index (χ4n) is 1.01. The zero-order valence-electron chi connectivity index (χ0n) is 8.31. The lowest BCUT2D eigenvalue weighted by Gasteiger charge is -2.07. The van der Waals surface area contributed by atoms with Crippen LogP contribution in [0.15, 0.2) is 16.6 Å². The molecule has 0 aliphatic rings. The number of nitrogens with zero attached hydrogens (tertiary/aromatic N) is 1. The second-order valence-corrected chi connectivity index (χ2v) is 3.09. The van der Waals surface area contributed by atoms with E-state index in [4.69, 9.17) is 0 Å². The van der Waals surface area contributed by atoms with Crippen LogP contribution < -0.4 is 0 Å². The second kappa shape index (κ2) is 5.11. The minimum absolute atomic E-state index is 0.650. The highest BCUT2D eigenvalue weighted by molar-refractivity contribution is 5.93. The highest BCUT2D eigenvalue weighted by Crippen LogP contribution is 2.12. The molecule has 0 radical (unpaired) electrons. The van der Waals surface area contributed by atoms with Gasteiger partial charge in [0, 0.05) is 12.8 Å². The summed E-state index contributed by atoms with van der Waals surface area (Å²) in [6, 6.07) is 0. The van der Waals surface area contributed by atoms with Crippen LogP contribution in [-0.4, -0.2) is 12.8 Å². The molecule has 0 N–H and O–H groups in total. The first-order chi connectivity index (χ1) is 5.11. The molecule has 11 heavy (non-hydrogen) atoms. The molecule has 0 aliphatic heterocycles. The lowest BCUT2D eigenvalue weighted by Crippen LogP contribution is -1.96. The summed E-state index contributed by atoms with van der Waals surface area (Å²) < 4.78 is 0. The van der Waals surface area contributed by atoms with E-state index in [0.717, 1.165) is 12.1 Å². The molecule has 0 unspecified atom stereocenters. The van der Waals surface area contributed by atoms with Crippen molar-refractivity contribution < 1.29 is 0 Å². The predicted molar refractivity (Wildman–Crippen MR) is 52.2 cm³/mol. The third-order valence-electron chi connectivity index (χ3n) is 1.90. The van der Waals surface area contributed by atoms with Gasteiger partial charge in [-0.15, -0.1) is 0 Å². The van der Waals surface area contributed by atoms with E-state index >= 15 is 0 Å². The zero-order valence-corrected chi connectivity index (χ0v) is 8.31. The van der Waals surface area contributed by atoms with Crippen LogP contribution in [-0.2, 0) is 0 Å². The van der Waals surface area contributed by atoms with Gasteiger partial charge >= 0.3 is 0 Å². The van der Waals surface area contributed by atoms with Gasteiger partial charge in [-0.05, 0) is 25.3 Å². The van der Waals surface area contributed by atoms with Crippen LogP contribution in [0, 0.1) is 5.92 Å². The van der Waals surface area contributed by atoms with E-state index in [9.17, 15) is 0 Å². The van der Waals surface area contributed by atoms with Gasteiger partial charge < -0.3 is 0 Å². The van der Waals surface area contributed by atoms with Crippen molar-refractivity contribution in [2.24, 2.45) is 10.9 Å². The van der Waals surface area contributed by atoms with Crippen LogP contribution >= 0.6 is 0 Å². The van der Waals surface area contributed by atoms with E-state index in [1.807, 2.05) is 14.0 Å². The molecule has 0 aromatic carbocycles. The summed E-state index contributed by atoms with van der Waals surface area (Å²) in [6.07, 6.45) is 3.31. The lowest BCUT2D eigenvalue weighted by molar-refractivity contribution is 0.733. The van der Waals surface area contributed by atoms with Crippen molar-refractivity contribution in [2.75, 3.05) is 7.05 Å². The van der Waals surface area contributed by atoms with E-state index in [0.29, 0.717) is 5.92 Å². The number of hydrogen-bond acceptors (Lipinski definition) is 1. The van der Waals surface area contributed by atoms with Gasteiger partial charge in [-0.1, -0.05) is 26.3 Å². The normalized spacial score (nSPS) is 14.4. The summed E-state index contributed by atoms with van der Waals surface area (Å²) in [6.45, 7) is 8.67. The fraction of sp³-hybridized carbons (Fsp3) is 0.700. The van der Waals surface area contributed by atoms with E-state index in [1.165, 1.54) is 5.57 Å². The number of rotatable bonds is 3. The molecule has 1 heteroatoms. The monoisotopic (exact) mass is 153 g/mol. The quantitative estimate of drug-likeness (QED) is 0.552. The minimum Gasteiger partial charge on any atom is -0.293 e. The zero-order chi connectivity index (χ0) is 8.85. The fourth-order valence-corrected chi connectivity index (χ4v) is 1.01. The Morgan fingerprint density at radius 2 is 2.00 bits per heavy atom. The van der Waals surface area contributed by atoms with Crippen molar-refractivity contribution in [3.05, 3.63) is 11.6 Å². The molecular weight excluding hydrogens is 134 g/mol. The molecule has 0 saturated carbocycles. The Hall–Kier alpha value is -0.590. The summed E-state index contributed by atoms with van der Waals surface area (Å²) >= 11 is 0. The Labute approximate surface area is 70.2 Å². The van der Waals surface area contributed by atoms with Crippen molar-refractivity contribution in [1.82, 2.24) is 0 Å². The van der Waals surface area contributed by atoms with Crippen molar-refractivity contribution in [3.8, 4) is 0 Å². The molecule has 0 bridgehead atoms. The molecule has 0 fully saturated rings. The van der Waals surface area contributed by atoms with Crippen LogP contribution in [0.25, 0.3) is 0 Å². The molecule has 1 nitrogen and oxygen atoms in total. The molecule has 0 rings (SSSR count). The summed E-state index contributed by atoms with van der Waals surface area (Å²) in [7, 11) is 1.83. The Bertz CT molecular complexity index is 164. The summed E-state index contributed by atoms with van der Waals surface area (Å²) in [5, 5.41) is 0. The largest absolute Gasteiger partial charge is 0.293 e. The number of allylic oxidation sites excluding steroid dienone is 2.